The van der Waals surface area contributed by atoms with Gasteiger partial charge < -0.3 is 14.2 Å². The molecule has 0 unspecified atom stereocenters. The molecule has 0 radical (unpaired) electrons. The Labute approximate surface area is 139 Å². The smallest absolute Gasteiger partial charge is 0.245 e. The molecule has 122 valence electrons. The van der Waals surface area contributed by atoms with Gasteiger partial charge in [0, 0.05) is 25.2 Å². The predicted molar refractivity (Wildman–Crippen MR) is 91.3 cm³/mol. The summed E-state index contributed by atoms with van der Waals surface area (Å²) >= 11 is 1.61. The van der Waals surface area contributed by atoms with Crippen molar-refractivity contribution in [2.24, 2.45) is 0 Å². The minimum atomic E-state index is -0.404. The molecule has 1 aromatic heterocycles. The maximum Gasteiger partial charge on any atom is 0.245 e. The van der Waals surface area contributed by atoms with Gasteiger partial charge in [-0.15, -0.1) is 11.8 Å². The van der Waals surface area contributed by atoms with Gasteiger partial charge in [-0.1, -0.05) is 18.2 Å². The quantitative estimate of drug-likeness (QED) is 0.867. The monoisotopic (exact) mass is 332 g/mol. The summed E-state index contributed by atoms with van der Waals surface area (Å²) in [6.07, 6.45) is 0. The fourth-order valence-electron chi connectivity index (χ4n) is 2.75. The number of furan rings is 1. The van der Waals surface area contributed by atoms with E-state index in [-0.39, 0.29) is 17.9 Å². The van der Waals surface area contributed by atoms with E-state index < -0.39 is 5.92 Å². The molecule has 1 aromatic carbocycles. The topological polar surface area (TPSA) is 53.8 Å². The summed E-state index contributed by atoms with van der Waals surface area (Å²) in [4.78, 5) is 28.3. The largest absolute Gasteiger partial charge is 0.460 e. The molecule has 0 spiro atoms. The molecule has 1 fully saturated rings. The van der Waals surface area contributed by atoms with Gasteiger partial charge in [-0.25, -0.2) is 0 Å². The third-order valence-corrected chi connectivity index (χ3v) is 5.15. The molecule has 2 aromatic rings. The van der Waals surface area contributed by atoms with Crippen molar-refractivity contribution < 1.29 is 14.0 Å². The Morgan fingerprint density at radius 3 is 2.78 bits per heavy atom. The van der Waals surface area contributed by atoms with Crippen LogP contribution in [0.5, 0.6) is 0 Å². The Bertz CT molecular complexity index is 707. The van der Waals surface area contributed by atoms with Gasteiger partial charge in [0.2, 0.25) is 11.8 Å². The lowest BCUT2D eigenvalue weighted by Crippen LogP contribution is -2.47. The van der Waals surface area contributed by atoms with Crippen molar-refractivity contribution in [2.45, 2.75) is 18.9 Å². The van der Waals surface area contributed by atoms with E-state index in [1.165, 1.54) is 0 Å². The Balaban J connectivity index is 1.82. The third kappa shape index (κ3) is 2.95. The van der Waals surface area contributed by atoms with Gasteiger partial charge in [0.1, 0.15) is 17.4 Å². The number of amides is 2. The van der Waals surface area contributed by atoms with E-state index in [9.17, 15) is 9.59 Å². The molecule has 1 aliphatic rings. The number of para-hydroxylation sites is 1. The van der Waals surface area contributed by atoms with E-state index in [1.807, 2.05) is 37.3 Å². The molecular weight excluding hydrogens is 312 g/mol. The van der Waals surface area contributed by atoms with Crippen LogP contribution in [0.25, 0.3) is 11.0 Å². The van der Waals surface area contributed by atoms with Gasteiger partial charge in [0.05, 0.1) is 11.8 Å². The van der Waals surface area contributed by atoms with Crippen LogP contribution >= 0.6 is 11.8 Å². The summed E-state index contributed by atoms with van der Waals surface area (Å²) in [5.41, 5.74) is 0.777. The average molecular weight is 332 g/mol. The Hall–Kier alpha value is -1.95. The first-order chi connectivity index (χ1) is 11.0. The summed E-state index contributed by atoms with van der Waals surface area (Å²) < 4.78 is 5.80. The zero-order valence-electron chi connectivity index (χ0n) is 13.5. The number of fused-ring (bicyclic) bond motifs is 1. The number of carbonyl (C=O) groups excluding carboxylic acids is 2. The molecule has 1 saturated heterocycles. The number of hydrogen-bond acceptors (Lipinski definition) is 4. The highest BCUT2D eigenvalue weighted by Crippen LogP contribution is 2.30. The van der Waals surface area contributed by atoms with Crippen molar-refractivity contribution in [1.82, 2.24) is 9.80 Å². The second-order valence-corrected chi connectivity index (χ2v) is 6.96. The van der Waals surface area contributed by atoms with Crippen molar-refractivity contribution in [2.75, 3.05) is 25.7 Å². The highest BCUT2D eigenvalue weighted by atomic mass is 32.2. The molecule has 0 bridgehead atoms. The maximum absolute atomic E-state index is 12.8. The van der Waals surface area contributed by atoms with E-state index in [2.05, 4.69) is 0 Å². The molecule has 1 aliphatic heterocycles. The lowest BCUT2D eigenvalue weighted by atomic mass is 10.1. The molecule has 2 atom stereocenters. The van der Waals surface area contributed by atoms with Gasteiger partial charge >= 0.3 is 0 Å². The fourth-order valence-corrected chi connectivity index (χ4v) is 3.90. The van der Waals surface area contributed by atoms with Crippen LogP contribution in [0.15, 0.2) is 34.7 Å². The SMILES string of the molecule is C[C@H](C(=O)N1CSC[C@@H]1C(=O)N(C)C)c1cc2ccccc2o1. The number of carbonyl (C=O) groups is 2. The molecule has 2 amide bonds. The highest BCUT2D eigenvalue weighted by Gasteiger charge is 2.38. The zero-order valence-corrected chi connectivity index (χ0v) is 14.3. The van der Waals surface area contributed by atoms with Gasteiger partial charge in [0.15, 0.2) is 0 Å². The van der Waals surface area contributed by atoms with E-state index in [0.717, 1.165) is 11.0 Å². The second-order valence-electron chi connectivity index (χ2n) is 5.96. The number of benzene rings is 1. The van der Waals surface area contributed by atoms with Crippen LogP contribution in [-0.4, -0.2) is 53.4 Å². The summed E-state index contributed by atoms with van der Waals surface area (Å²) in [6, 6.07) is 9.23. The summed E-state index contributed by atoms with van der Waals surface area (Å²) in [5, 5.41) is 0.985. The first-order valence-corrected chi connectivity index (χ1v) is 8.72. The maximum atomic E-state index is 12.8. The average Bonchev–Trinajstić information content (AvgIpc) is 3.18. The molecule has 0 N–H and O–H groups in total. The minimum Gasteiger partial charge on any atom is -0.460 e. The first kappa shape index (κ1) is 15.9. The normalized spacial score (nSPS) is 19.1. The number of thioether (sulfide) groups is 1. The second kappa shape index (κ2) is 6.28. The van der Waals surface area contributed by atoms with Crippen molar-refractivity contribution in [3.8, 4) is 0 Å². The number of likely N-dealkylation sites (N-methyl/N-ethyl adjacent to an activating group) is 1. The molecule has 23 heavy (non-hydrogen) atoms. The van der Waals surface area contributed by atoms with Crippen molar-refractivity contribution in [3.63, 3.8) is 0 Å². The Morgan fingerprint density at radius 2 is 2.09 bits per heavy atom. The van der Waals surface area contributed by atoms with Gasteiger partial charge in [-0.3, -0.25) is 9.59 Å². The van der Waals surface area contributed by atoms with Crippen LogP contribution in [0.4, 0.5) is 0 Å². The molecule has 0 saturated carbocycles. The molecule has 0 aliphatic carbocycles. The van der Waals surface area contributed by atoms with Gasteiger partial charge in [-0.05, 0) is 19.1 Å². The molecule has 2 heterocycles. The summed E-state index contributed by atoms with van der Waals surface area (Å²) in [5.74, 6) is 1.35. The summed E-state index contributed by atoms with van der Waals surface area (Å²) in [6.45, 7) is 1.83. The molecule has 6 heteroatoms. The lowest BCUT2D eigenvalue weighted by molar-refractivity contribution is -0.142. The van der Waals surface area contributed by atoms with Crippen LogP contribution in [0.1, 0.15) is 18.6 Å². The lowest BCUT2D eigenvalue weighted by Gasteiger charge is -2.27. The van der Waals surface area contributed by atoms with Crippen molar-refractivity contribution in [1.29, 1.82) is 0 Å². The highest BCUT2D eigenvalue weighted by molar-refractivity contribution is 7.99. The number of rotatable bonds is 3. The molecule has 3 rings (SSSR count). The fraction of sp³-hybridized carbons (Fsp3) is 0.412. The van der Waals surface area contributed by atoms with Crippen LogP contribution < -0.4 is 0 Å². The summed E-state index contributed by atoms with van der Waals surface area (Å²) in [7, 11) is 3.44. The van der Waals surface area contributed by atoms with Gasteiger partial charge in [-0.2, -0.15) is 0 Å². The van der Waals surface area contributed by atoms with Crippen LogP contribution in [-0.2, 0) is 9.59 Å². The van der Waals surface area contributed by atoms with Crippen molar-refractivity contribution in [3.05, 3.63) is 36.1 Å². The van der Waals surface area contributed by atoms with Crippen LogP contribution in [0.2, 0.25) is 0 Å². The predicted octanol–water partition coefficient (Wildman–Crippen LogP) is 2.53. The first-order valence-electron chi connectivity index (χ1n) is 7.57. The Kier molecular flexibility index (Phi) is 4.35. The van der Waals surface area contributed by atoms with Crippen LogP contribution in [0.3, 0.4) is 0 Å². The minimum absolute atomic E-state index is 0.0276. The zero-order chi connectivity index (χ0) is 16.6. The molecule has 5 nitrogen and oxygen atoms in total. The standard InChI is InChI=1S/C17H20N2O3S/c1-11(15-8-12-6-4-5-7-14(12)22-15)16(20)19-10-23-9-13(19)17(21)18(2)3/h4-8,11,13H,9-10H2,1-3H3/t11-,13+/m0/s1. The number of hydrogen-bond donors (Lipinski definition) is 0. The van der Waals surface area contributed by atoms with Crippen LogP contribution in [0, 0.1) is 0 Å². The van der Waals surface area contributed by atoms with E-state index in [1.54, 1.807) is 35.7 Å². The van der Waals surface area contributed by atoms with E-state index in [0.29, 0.717) is 17.4 Å². The molecular formula is C17H20N2O3S. The third-order valence-electron chi connectivity index (χ3n) is 4.13. The van der Waals surface area contributed by atoms with Crippen molar-refractivity contribution >= 4 is 34.5 Å². The van der Waals surface area contributed by atoms with E-state index in [4.69, 9.17) is 4.42 Å². The van der Waals surface area contributed by atoms with E-state index >= 15 is 0 Å². The van der Waals surface area contributed by atoms with Gasteiger partial charge in [0.25, 0.3) is 0 Å². The number of nitrogens with zero attached hydrogens (tertiary/aromatic N) is 2. The Morgan fingerprint density at radius 1 is 1.35 bits per heavy atom.